The minimum Gasteiger partial charge on any atom is -0.508 e. The van der Waals surface area contributed by atoms with Crippen LogP contribution < -0.4 is 10.1 Å². The van der Waals surface area contributed by atoms with E-state index in [0.717, 1.165) is 25.3 Å². The number of hydrogen-bond donors (Lipinski definition) is 2. The number of fused-ring (bicyclic) bond motifs is 1. The van der Waals surface area contributed by atoms with Crippen molar-refractivity contribution in [2.75, 3.05) is 6.61 Å². The van der Waals surface area contributed by atoms with Gasteiger partial charge < -0.3 is 15.2 Å². The van der Waals surface area contributed by atoms with E-state index in [4.69, 9.17) is 4.74 Å². The number of benzene rings is 2. The Labute approximate surface area is 119 Å². The summed E-state index contributed by atoms with van der Waals surface area (Å²) in [7, 11) is 0. The van der Waals surface area contributed by atoms with Crippen LogP contribution in [-0.2, 0) is 13.0 Å². The van der Waals surface area contributed by atoms with Gasteiger partial charge in [-0.1, -0.05) is 24.3 Å². The predicted octanol–water partition coefficient (Wildman–Crippen LogP) is 3.18. The average Bonchev–Trinajstić information content (AvgIpc) is 2.93. The Balaban J connectivity index is 1.64. The zero-order chi connectivity index (χ0) is 13.9. The molecule has 0 aliphatic carbocycles. The van der Waals surface area contributed by atoms with E-state index in [1.807, 2.05) is 12.1 Å². The van der Waals surface area contributed by atoms with Crippen LogP contribution in [0, 0.1) is 0 Å². The zero-order valence-electron chi connectivity index (χ0n) is 11.6. The smallest absolute Gasteiger partial charge is 0.122 e. The highest BCUT2D eigenvalue weighted by molar-refractivity contribution is 5.40. The van der Waals surface area contributed by atoms with Crippen molar-refractivity contribution in [1.29, 1.82) is 0 Å². The van der Waals surface area contributed by atoms with E-state index in [9.17, 15) is 5.11 Å². The van der Waals surface area contributed by atoms with Gasteiger partial charge in [0.15, 0.2) is 0 Å². The Morgan fingerprint density at radius 3 is 2.80 bits per heavy atom. The Bertz CT molecular complexity index is 592. The molecule has 0 fully saturated rings. The molecule has 1 atom stereocenters. The number of aromatic hydroxyl groups is 1. The highest BCUT2D eigenvalue weighted by atomic mass is 16.5. The van der Waals surface area contributed by atoms with E-state index in [1.165, 1.54) is 16.7 Å². The molecule has 1 aliphatic heterocycles. The molecule has 104 valence electrons. The van der Waals surface area contributed by atoms with Crippen molar-refractivity contribution < 1.29 is 9.84 Å². The number of phenols is 1. The minimum atomic E-state index is 0.287. The Morgan fingerprint density at radius 2 is 2.00 bits per heavy atom. The minimum absolute atomic E-state index is 0.287. The number of ether oxygens (including phenoxy) is 1. The first-order valence-corrected chi connectivity index (χ1v) is 6.99. The standard InChI is InChI=1S/C17H19NO2/c1-12(18-11-13-2-5-16(19)6-3-13)14-4-7-17-15(10-14)8-9-20-17/h2-7,10,12,18-19H,8-9,11H2,1H3. The van der Waals surface area contributed by atoms with Crippen LogP contribution in [0.1, 0.15) is 29.7 Å². The molecule has 20 heavy (non-hydrogen) atoms. The van der Waals surface area contributed by atoms with Crippen molar-refractivity contribution in [2.24, 2.45) is 0 Å². The van der Waals surface area contributed by atoms with Gasteiger partial charge in [0.05, 0.1) is 6.61 Å². The Kier molecular flexibility index (Phi) is 3.61. The van der Waals surface area contributed by atoms with E-state index < -0.39 is 0 Å². The lowest BCUT2D eigenvalue weighted by atomic mass is 10.0. The van der Waals surface area contributed by atoms with Crippen molar-refractivity contribution in [2.45, 2.75) is 25.9 Å². The Hall–Kier alpha value is -2.00. The first kappa shape index (κ1) is 13.0. The van der Waals surface area contributed by atoms with E-state index in [2.05, 4.69) is 30.4 Å². The molecule has 2 aromatic carbocycles. The van der Waals surface area contributed by atoms with E-state index >= 15 is 0 Å². The van der Waals surface area contributed by atoms with Crippen LogP contribution in [0.4, 0.5) is 0 Å². The van der Waals surface area contributed by atoms with Crippen LogP contribution in [0.2, 0.25) is 0 Å². The van der Waals surface area contributed by atoms with Gasteiger partial charge in [0.2, 0.25) is 0 Å². The molecule has 0 spiro atoms. The molecule has 3 heteroatoms. The molecular weight excluding hydrogens is 250 g/mol. The molecular formula is C17H19NO2. The third-order valence-corrected chi connectivity index (χ3v) is 3.76. The van der Waals surface area contributed by atoms with E-state index in [1.54, 1.807) is 12.1 Å². The normalized spacial score (nSPS) is 14.7. The van der Waals surface area contributed by atoms with Crippen LogP contribution in [0.5, 0.6) is 11.5 Å². The third kappa shape index (κ3) is 2.78. The summed E-state index contributed by atoms with van der Waals surface area (Å²) in [5.41, 5.74) is 3.76. The van der Waals surface area contributed by atoms with Crippen molar-refractivity contribution >= 4 is 0 Å². The zero-order valence-corrected chi connectivity index (χ0v) is 11.6. The van der Waals surface area contributed by atoms with Crippen LogP contribution in [-0.4, -0.2) is 11.7 Å². The molecule has 1 unspecified atom stereocenters. The van der Waals surface area contributed by atoms with Gasteiger partial charge in [0.1, 0.15) is 11.5 Å². The second kappa shape index (κ2) is 5.55. The number of rotatable bonds is 4. The maximum Gasteiger partial charge on any atom is 0.122 e. The second-order valence-corrected chi connectivity index (χ2v) is 5.23. The van der Waals surface area contributed by atoms with Crippen LogP contribution in [0.25, 0.3) is 0 Å². The maximum absolute atomic E-state index is 9.27. The molecule has 3 nitrogen and oxygen atoms in total. The van der Waals surface area contributed by atoms with Crippen LogP contribution in [0.3, 0.4) is 0 Å². The van der Waals surface area contributed by atoms with Crippen molar-refractivity contribution in [3.05, 3.63) is 59.2 Å². The largest absolute Gasteiger partial charge is 0.508 e. The molecule has 0 amide bonds. The van der Waals surface area contributed by atoms with Gasteiger partial charge in [-0.3, -0.25) is 0 Å². The molecule has 2 N–H and O–H groups in total. The second-order valence-electron chi connectivity index (χ2n) is 5.23. The summed E-state index contributed by atoms with van der Waals surface area (Å²) in [5.74, 6) is 1.33. The highest BCUT2D eigenvalue weighted by Crippen LogP contribution is 2.28. The predicted molar refractivity (Wildman–Crippen MR) is 79.0 cm³/mol. The average molecular weight is 269 g/mol. The fourth-order valence-electron chi connectivity index (χ4n) is 2.48. The summed E-state index contributed by atoms with van der Waals surface area (Å²) in [6.07, 6.45) is 1.01. The molecule has 2 aromatic rings. The molecule has 0 radical (unpaired) electrons. The topological polar surface area (TPSA) is 41.5 Å². The first-order chi connectivity index (χ1) is 9.72. The first-order valence-electron chi connectivity index (χ1n) is 6.99. The van der Waals surface area contributed by atoms with Gasteiger partial charge >= 0.3 is 0 Å². The lowest BCUT2D eigenvalue weighted by Crippen LogP contribution is -2.18. The summed E-state index contributed by atoms with van der Waals surface area (Å²) in [5, 5.41) is 12.8. The van der Waals surface area contributed by atoms with Gasteiger partial charge in [0, 0.05) is 19.0 Å². The maximum atomic E-state index is 9.27. The molecule has 3 rings (SSSR count). The van der Waals surface area contributed by atoms with Crippen LogP contribution in [0.15, 0.2) is 42.5 Å². The molecule has 1 heterocycles. The molecule has 0 saturated heterocycles. The van der Waals surface area contributed by atoms with Gasteiger partial charge in [-0.2, -0.15) is 0 Å². The monoisotopic (exact) mass is 269 g/mol. The molecule has 0 bridgehead atoms. The number of nitrogens with one attached hydrogen (secondary N) is 1. The summed E-state index contributed by atoms with van der Waals surface area (Å²) >= 11 is 0. The van der Waals surface area contributed by atoms with Gasteiger partial charge in [0.25, 0.3) is 0 Å². The van der Waals surface area contributed by atoms with Crippen LogP contribution >= 0.6 is 0 Å². The van der Waals surface area contributed by atoms with E-state index in [0.29, 0.717) is 5.75 Å². The lowest BCUT2D eigenvalue weighted by molar-refractivity contribution is 0.356. The highest BCUT2D eigenvalue weighted by Gasteiger charge is 2.14. The number of hydrogen-bond acceptors (Lipinski definition) is 3. The Morgan fingerprint density at radius 1 is 1.20 bits per heavy atom. The summed E-state index contributed by atoms with van der Waals surface area (Å²) < 4.78 is 5.53. The fraction of sp³-hybridized carbons (Fsp3) is 0.294. The van der Waals surface area contributed by atoms with Crippen molar-refractivity contribution in [3.63, 3.8) is 0 Å². The quantitative estimate of drug-likeness (QED) is 0.895. The lowest BCUT2D eigenvalue weighted by Gasteiger charge is -2.15. The SMILES string of the molecule is CC(NCc1ccc(O)cc1)c1ccc2c(c1)CCO2. The van der Waals surface area contributed by atoms with Gasteiger partial charge in [-0.15, -0.1) is 0 Å². The van der Waals surface area contributed by atoms with Crippen molar-refractivity contribution in [1.82, 2.24) is 5.32 Å². The number of phenolic OH excluding ortho intramolecular Hbond substituents is 1. The summed E-state index contributed by atoms with van der Waals surface area (Å²) in [4.78, 5) is 0. The molecule has 0 saturated carbocycles. The summed E-state index contributed by atoms with van der Waals surface area (Å²) in [6, 6.07) is 14.0. The fourth-order valence-corrected chi connectivity index (χ4v) is 2.48. The van der Waals surface area contributed by atoms with Gasteiger partial charge in [-0.25, -0.2) is 0 Å². The van der Waals surface area contributed by atoms with E-state index in [-0.39, 0.29) is 6.04 Å². The summed E-state index contributed by atoms with van der Waals surface area (Å²) in [6.45, 7) is 3.75. The molecule has 0 aromatic heterocycles. The third-order valence-electron chi connectivity index (χ3n) is 3.76. The van der Waals surface area contributed by atoms with Crippen molar-refractivity contribution in [3.8, 4) is 11.5 Å². The molecule has 1 aliphatic rings. The van der Waals surface area contributed by atoms with Gasteiger partial charge in [-0.05, 0) is 41.8 Å².